The summed E-state index contributed by atoms with van der Waals surface area (Å²) in [5.41, 5.74) is 1.01. The lowest BCUT2D eigenvalue weighted by Crippen LogP contribution is -2.30. The normalized spacial score (nSPS) is 12.0. The van der Waals surface area contributed by atoms with Crippen molar-refractivity contribution in [1.29, 1.82) is 0 Å². The zero-order valence-corrected chi connectivity index (χ0v) is 19.1. The number of carboxylic acid groups (broad SMARTS) is 1. The number of hydrogen-bond donors (Lipinski definition) is 1. The summed E-state index contributed by atoms with van der Waals surface area (Å²) < 4.78 is 32.9. The van der Waals surface area contributed by atoms with E-state index in [2.05, 4.69) is 4.98 Å². The van der Waals surface area contributed by atoms with Crippen molar-refractivity contribution in [2.75, 3.05) is 26.0 Å². The molecule has 0 amide bonds. The second-order valence-electron chi connectivity index (χ2n) is 6.37. The van der Waals surface area contributed by atoms with E-state index in [4.69, 9.17) is 16.3 Å². The van der Waals surface area contributed by atoms with Crippen LogP contribution in [0.25, 0.3) is 21.8 Å². The van der Waals surface area contributed by atoms with Crippen molar-refractivity contribution >= 4 is 61.2 Å². The lowest BCUT2D eigenvalue weighted by molar-refractivity contribution is -0.133. The van der Waals surface area contributed by atoms with Gasteiger partial charge in [0, 0.05) is 28.8 Å². The number of pyridine rings is 1. The number of carbonyl (C=O) groups is 1. The first-order valence-corrected chi connectivity index (χ1v) is 12.0. The van der Waals surface area contributed by atoms with Gasteiger partial charge in [-0.3, -0.25) is 4.79 Å². The van der Waals surface area contributed by atoms with Gasteiger partial charge in [-0.15, -0.1) is 11.8 Å². The second-order valence-corrected chi connectivity index (χ2v) is 9.67. The number of para-hydroxylation sites is 1. The van der Waals surface area contributed by atoms with E-state index in [9.17, 15) is 18.3 Å². The van der Waals surface area contributed by atoms with Crippen molar-refractivity contribution in [2.45, 2.75) is 23.6 Å². The number of sulfonamides is 1. The van der Waals surface area contributed by atoms with Crippen LogP contribution in [0.5, 0.6) is 5.75 Å². The Hall–Kier alpha value is -2.07. The third kappa shape index (κ3) is 4.07. The van der Waals surface area contributed by atoms with Gasteiger partial charge in [0.05, 0.1) is 23.4 Å². The molecule has 160 valence electrons. The van der Waals surface area contributed by atoms with Gasteiger partial charge in [0.1, 0.15) is 16.2 Å². The number of methoxy groups -OCH3 is 1. The van der Waals surface area contributed by atoms with E-state index < -0.39 is 16.0 Å². The van der Waals surface area contributed by atoms with Gasteiger partial charge in [-0.25, -0.2) is 13.4 Å². The van der Waals surface area contributed by atoms with Gasteiger partial charge in [-0.2, -0.15) is 4.31 Å². The fraction of sp³-hybridized carbons (Fsp3) is 0.300. The minimum absolute atomic E-state index is 0.0263. The number of nitrogens with zero attached hydrogens (tertiary/aromatic N) is 2. The second kappa shape index (κ2) is 8.97. The summed E-state index contributed by atoms with van der Waals surface area (Å²) in [6.45, 7) is 4.12. The fourth-order valence-electron chi connectivity index (χ4n) is 3.26. The molecule has 0 unspecified atom stereocenters. The fourth-order valence-corrected chi connectivity index (χ4v) is 6.15. The van der Waals surface area contributed by atoms with Crippen LogP contribution in [-0.2, 0) is 14.8 Å². The number of thioether (sulfide) groups is 1. The average Bonchev–Trinajstić information content (AvgIpc) is 2.70. The monoisotopic (exact) mass is 468 g/mol. The number of rotatable bonds is 8. The van der Waals surface area contributed by atoms with Crippen LogP contribution < -0.4 is 4.74 Å². The molecule has 1 aromatic heterocycles. The van der Waals surface area contributed by atoms with Crippen LogP contribution in [0.2, 0.25) is 5.02 Å². The van der Waals surface area contributed by atoms with Crippen LogP contribution in [0.1, 0.15) is 13.8 Å². The molecule has 0 radical (unpaired) electrons. The maximum absolute atomic E-state index is 13.1. The van der Waals surface area contributed by atoms with Gasteiger partial charge in [-0.1, -0.05) is 37.6 Å². The molecule has 0 fully saturated rings. The zero-order valence-electron chi connectivity index (χ0n) is 16.7. The summed E-state index contributed by atoms with van der Waals surface area (Å²) in [6.07, 6.45) is 0. The van der Waals surface area contributed by atoms with E-state index in [0.29, 0.717) is 45.5 Å². The average molecular weight is 469 g/mol. The number of benzene rings is 2. The molecule has 0 aliphatic rings. The molecule has 0 saturated heterocycles. The van der Waals surface area contributed by atoms with Crippen molar-refractivity contribution in [3.05, 3.63) is 35.4 Å². The number of halogens is 1. The third-order valence-electron chi connectivity index (χ3n) is 4.65. The predicted octanol–water partition coefficient (Wildman–Crippen LogP) is 4.26. The van der Waals surface area contributed by atoms with E-state index in [1.807, 2.05) is 6.07 Å². The van der Waals surface area contributed by atoms with Crippen LogP contribution >= 0.6 is 23.4 Å². The van der Waals surface area contributed by atoms with E-state index in [1.165, 1.54) is 23.5 Å². The number of carboxylic acids is 1. The number of ether oxygens (including phenoxy) is 1. The molecule has 0 aliphatic carbocycles. The summed E-state index contributed by atoms with van der Waals surface area (Å²) in [5, 5.41) is 10.5. The Morgan fingerprint density at radius 1 is 1.23 bits per heavy atom. The summed E-state index contributed by atoms with van der Waals surface area (Å²) in [5.74, 6) is -0.639. The highest BCUT2D eigenvalue weighted by Crippen LogP contribution is 2.40. The zero-order chi connectivity index (χ0) is 22.1. The quantitative estimate of drug-likeness (QED) is 0.389. The first-order valence-electron chi connectivity index (χ1n) is 9.19. The molecule has 7 nitrogen and oxygen atoms in total. The smallest absolute Gasteiger partial charge is 0.313 e. The van der Waals surface area contributed by atoms with E-state index in [1.54, 1.807) is 26.0 Å². The van der Waals surface area contributed by atoms with Gasteiger partial charge < -0.3 is 9.84 Å². The van der Waals surface area contributed by atoms with Gasteiger partial charge in [0.15, 0.2) is 0 Å². The van der Waals surface area contributed by atoms with Crippen LogP contribution in [0, 0.1) is 0 Å². The maximum atomic E-state index is 13.1. The SMILES string of the molecule is CCN(CC)S(=O)(=O)c1cc2c(SCC(=O)O)c3cccc(OC)c3nc2cc1Cl. The van der Waals surface area contributed by atoms with Crippen molar-refractivity contribution in [3.8, 4) is 5.75 Å². The van der Waals surface area contributed by atoms with Gasteiger partial charge in [0.25, 0.3) is 0 Å². The Morgan fingerprint density at radius 2 is 1.93 bits per heavy atom. The predicted molar refractivity (Wildman–Crippen MR) is 119 cm³/mol. The van der Waals surface area contributed by atoms with E-state index in [-0.39, 0.29) is 15.7 Å². The highest BCUT2D eigenvalue weighted by atomic mass is 35.5. The third-order valence-corrected chi connectivity index (χ3v) is 8.29. The number of hydrogen-bond acceptors (Lipinski definition) is 6. The minimum atomic E-state index is -3.81. The Bertz CT molecular complexity index is 1230. The van der Waals surface area contributed by atoms with Crippen LogP contribution in [0.4, 0.5) is 0 Å². The van der Waals surface area contributed by atoms with Crippen molar-refractivity contribution in [1.82, 2.24) is 9.29 Å². The molecule has 0 atom stereocenters. The first-order chi connectivity index (χ1) is 14.2. The molecule has 0 bridgehead atoms. The lowest BCUT2D eigenvalue weighted by Gasteiger charge is -2.20. The molecule has 0 spiro atoms. The Kier molecular flexibility index (Phi) is 6.76. The molecule has 10 heteroatoms. The number of aliphatic carboxylic acids is 1. The largest absolute Gasteiger partial charge is 0.494 e. The van der Waals surface area contributed by atoms with Gasteiger partial charge in [-0.05, 0) is 18.2 Å². The summed E-state index contributed by atoms with van der Waals surface area (Å²) >= 11 is 7.48. The van der Waals surface area contributed by atoms with Gasteiger partial charge in [0.2, 0.25) is 10.0 Å². The minimum Gasteiger partial charge on any atom is -0.494 e. The Morgan fingerprint density at radius 3 is 2.53 bits per heavy atom. The standard InChI is InChI=1S/C20H21ClN2O5S2/c1-4-23(5-2)30(26,27)17-9-13-15(10-14(17)21)22-19-12(7-6-8-16(19)28-3)20(13)29-11-18(24)25/h6-10H,4-5,11H2,1-3H3,(H,24,25). The lowest BCUT2D eigenvalue weighted by atomic mass is 10.1. The van der Waals surface area contributed by atoms with Crippen LogP contribution in [-0.4, -0.2) is 54.7 Å². The number of fused-ring (bicyclic) bond motifs is 2. The summed E-state index contributed by atoms with van der Waals surface area (Å²) in [7, 11) is -2.29. The van der Waals surface area contributed by atoms with Crippen molar-refractivity contribution < 1.29 is 23.1 Å². The molecule has 1 heterocycles. The maximum Gasteiger partial charge on any atom is 0.313 e. The summed E-state index contributed by atoms with van der Waals surface area (Å²) in [4.78, 5) is 16.4. The Balaban J connectivity index is 2.39. The molecule has 1 N–H and O–H groups in total. The van der Waals surface area contributed by atoms with E-state index >= 15 is 0 Å². The highest BCUT2D eigenvalue weighted by Gasteiger charge is 2.26. The van der Waals surface area contributed by atoms with Gasteiger partial charge >= 0.3 is 5.97 Å². The molecule has 3 rings (SSSR count). The molecule has 30 heavy (non-hydrogen) atoms. The molecule has 3 aromatic rings. The molecule has 0 aliphatic heterocycles. The van der Waals surface area contributed by atoms with Crippen molar-refractivity contribution in [2.24, 2.45) is 0 Å². The Labute approximate surface area is 184 Å². The van der Waals surface area contributed by atoms with E-state index in [0.717, 1.165) is 11.8 Å². The van der Waals surface area contributed by atoms with Crippen LogP contribution in [0.3, 0.4) is 0 Å². The van der Waals surface area contributed by atoms with Crippen molar-refractivity contribution in [3.63, 3.8) is 0 Å². The molecular weight excluding hydrogens is 448 g/mol. The topological polar surface area (TPSA) is 96.8 Å². The number of aromatic nitrogens is 1. The summed E-state index contributed by atoms with van der Waals surface area (Å²) in [6, 6.07) is 8.34. The van der Waals surface area contributed by atoms with Crippen LogP contribution in [0.15, 0.2) is 40.1 Å². The first kappa shape index (κ1) is 22.6. The molecule has 0 saturated carbocycles. The molecular formula is C20H21ClN2O5S2. The molecule has 2 aromatic carbocycles. The highest BCUT2D eigenvalue weighted by molar-refractivity contribution is 8.00.